The van der Waals surface area contributed by atoms with Crippen LogP contribution in [0.25, 0.3) is 10.8 Å². The quantitative estimate of drug-likeness (QED) is 0.296. The first-order valence-electron chi connectivity index (χ1n) is 9.52. The topological polar surface area (TPSA) is 131 Å². The molecular weight excluding hydrogens is 412 g/mol. The lowest BCUT2D eigenvalue weighted by atomic mass is 10.1. The van der Waals surface area contributed by atoms with Crippen molar-refractivity contribution >= 4 is 39.7 Å². The van der Waals surface area contributed by atoms with Gasteiger partial charge in [-0.25, -0.2) is 9.97 Å². The Morgan fingerprint density at radius 1 is 0.969 bits per heavy atom. The number of para-hydroxylation sites is 1. The van der Waals surface area contributed by atoms with E-state index < -0.39 is 16.5 Å². The van der Waals surface area contributed by atoms with Gasteiger partial charge in [-0.3, -0.25) is 25.8 Å². The summed E-state index contributed by atoms with van der Waals surface area (Å²) in [5.74, 6) is -0.368. The third-order valence-electron chi connectivity index (χ3n) is 4.69. The van der Waals surface area contributed by atoms with Crippen LogP contribution >= 0.6 is 0 Å². The SMILES string of the molecule is COc1ccccc1C(=O)NNc1ncnc(Nc2cccc3ccccc23)c1[N+](=O)[O-]. The average molecular weight is 430 g/mol. The molecule has 0 atom stereocenters. The molecule has 0 spiro atoms. The van der Waals surface area contributed by atoms with Crippen LogP contribution in [0.3, 0.4) is 0 Å². The van der Waals surface area contributed by atoms with E-state index in [1.165, 1.54) is 7.11 Å². The highest BCUT2D eigenvalue weighted by Crippen LogP contribution is 2.33. The highest BCUT2D eigenvalue weighted by molar-refractivity contribution is 5.98. The summed E-state index contributed by atoms with van der Waals surface area (Å²) in [6.45, 7) is 0. The van der Waals surface area contributed by atoms with Gasteiger partial charge in [-0.2, -0.15) is 0 Å². The van der Waals surface area contributed by atoms with Gasteiger partial charge in [0.05, 0.1) is 17.6 Å². The summed E-state index contributed by atoms with van der Waals surface area (Å²) in [6.07, 6.45) is 1.16. The minimum Gasteiger partial charge on any atom is -0.496 e. The zero-order valence-corrected chi connectivity index (χ0v) is 16.9. The molecular formula is C22H18N6O4. The number of benzene rings is 3. The van der Waals surface area contributed by atoms with E-state index in [2.05, 4.69) is 26.1 Å². The van der Waals surface area contributed by atoms with E-state index in [4.69, 9.17) is 4.74 Å². The number of carbonyl (C=O) groups is 1. The minimum atomic E-state index is -0.620. The molecule has 10 heteroatoms. The number of nitrogens with zero attached hydrogens (tertiary/aromatic N) is 3. The van der Waals surface area contributed by atoms with Gasteiger partial charge in [0.1, 0.15) is 12.1 Å². The Kier molecular flexibility index (Phi) is 5.75. The van der Waals surface area contributed by atoms with Gasteiger partial charge in [0, 0.05) is 11.1 Å². The lowest BCUT2D eigenvalue weighted by molar-refractivity contribution is -0.383. The van der Waals surface area contributed by atoms with E-state index in [1.807, 2.05) is 36.4 Å². The van der Waals surface area contributed by atoms with Crippen molar-refractivity contribution < 1.29 is 14.5 Å². The van der Waals surface area contributed by atoms with E-state index in [9.17, 15) is 14.9 Å². The van der Waals surface area contributed by atoms with Crippen molar-refractivity contribution in [2.24, 2.45) is 0 Å². The predicted octanol–water partition coefficient (Wildman–Crippen LogP) is 4.05. The second-order valence-electron chi connectivity index (χ2n) is 6.61. The summed E-state index contributed by atoms with van der Waals surface area (Å²) >= 11 is 0. The first-order valence-corrected chi connectivity index (χ1v) is 9.52. The zero-order chi connectivity index (χ0) is 22.5. The van der Waals surface area contributed by atoms with Crippen molar-refractivity contribution in [2.75, 3.05) is 17.9 Å². The Morgan fingerprint density at radius 3 is 2.50 bits per heavy atom. The first-order chi connectivity index (χ1) is 15.6. The van der Waals surface area contributed by atoms with E-state index in [0.29, 0.717) is 11.4 Å². The molecule has 0 unspecified atom stereocenters. The second-order valence-corrected chi connectivity index (χ2v) is 6.61. The number of aromatic nitrogens is 2. The molecule has 0 fully saturated rings. The number of hydrogen-bond donors (Lipinski definition) is 3. The van der Waals surface area contributed by atoms with Crippen LogP contribution < -0.4 is 20.9 Å². The van der Waals surface area contributed by atoms with E-state index in [1.54, 1.807) is 30.3 Å². The number of carbonyl (C=O) groups excluding carboxylic acids is 1. The Bertz CT molecular complexity index is 1310. The number of nitrogens with one attached hydrogen (secondary N) is 3. The normalized spacial score (nSPS) is 10.4. The van der Waals surface area contributed by atoms with Gasteiger partial charge < -0.3 is 10.1 Å². The Balaban J connectivity index is 1.62. The molecule has 0 radical (unpaired) electrons. The zero-order valence-electron chi connectivity index (χ0n) is 16.9. The Labute approximate surface area is 182 Å². The molecule has 0 aliphatic carbocycles. The maximum absolute atomic E-state index is 12.5. The monoisotopic (exact) mass is 430 g/mol. The second kappa shape index (κ2) is 8.96. The van der Waals surface area contributed by atoms with Gasteiger partial charge in [0.15, 0.2) is 0 Å². The summed E-state index contributed by atoms with van der Waals surface area (Å²) in [5, 5.41) is 16.7. The van der Waals surface area contributed by atoms with Crippen LogP contribution in [0.2, 0.25) is 0 Å². The van der Waals surface area contributed by atoms with E-state index in [-0.39, 0.29) is 17.2 Å². The molecule has 1 aromatic heterocycles. The highest BCUT2D eigenvalue weighted by Gasteiger charge is 2.24. The Morgan fingerprint density at radius 2 is 1.69 bits per heavy atom. The summed E-state index contributed by atoms with van der Waals surface area (Å²) < 4.78 is 5.17. The molecule has 0 aliphatic heterocycles. The number of amides is 1. The molecule has 3 N–H and O–H groups in total. The number of ether oxygens (including phenoxy) is 1. The fourth-order valence-corrected chi connectivity index (χ4v) is 3.21. The molecule has 0 aliphatic rings. The van der Waals surface area contributed by atoms with Gasteiger partial charge in [-0.1, -0.05) is 48.5 Å². The average Bonchev–Trinajstić information content (AvgIpc) is 2.82. The number of fused-ring (bicyclic) bond motifs is 1. The van der Waals surface area contributed by atoms with Crippen LogP contribution in [0, 0.1) is 10.1 Å². The van der Waals surface area contributed by atoms with Crippen molar-refractivity contribution in [3.63, 3.8) is 0 Å². The van der Waals surface area contributed by atoms with Gasteiger partial charge in [-0.05, 0) is 23.6 Å². The molecule has 160 valence electrons. The van der Waals surface area contributed by atoms with Gasteiger partial charge >= 0.3 is 5.69 Å². The smallest absolute Gasteiger partial charge is 0.355 e. The van der Waals surface area contributed by atoms with Crippen LogP contribution in [-0.4, -0.2) is 27.9 Å². The summed E-state index contributed by atoms with van der Waals surface area (Å²) in [4.78, 5) is 31.7. The van der Waals surface area contributed by atoms with Crippen molar-refractivity contribution in [2.45, 2.75) is 0 Å². The van der Waals surface area contributed by atoms with Crippen LogP contribution in [-0.2, 0) is 0 Å². The van der Waals surface area contributed by atoms with Gasteiger partial charge in [0.25, 0.3) is 5.91 Å². The summed E-state index contributed by atoms with van der Waals surface area (Å²) in [6, 6.07) is 19.8. The van der Waals surface area contributed by atoms with E-state index >= 15 is 0 Å². The number of anilines is 3. The predicted molar refractivity (Wildman–Crippen MR) is 120 cm³/mol. The van der Waals surface area contributed by atoms with Crippen molar-refractivity contribution in [3.05, 3.63) is 88.7 Å². The van der Waals surface area contributed by atoms with Crippen molar-refractivity contribution in [1.29, 1.82) is 0 Å². The maximum atomic E-state index is 12.5. The van der Waals surface area contributed by atoms with Crippen LogP contribution in [0.1, 0.15) is 10.4 Å². The van der Waals surface area contributed by atoms with Crippen LogP contribution in [0.5, 0.6) is 5.75 Å². The largest absolute Gasteiger partial charge is 0.496 e. The molecule has 0 saturated heterocycles. The lowest BCUT2D eigenvalue weighted by Gasteiger charge is -2.13. The van der Waals surface area contributed by atoms with Crippen LogP contribution in [0.4, 0.5) is 23.0 Å². The fourth-order valence-electron chi connectivity index (χ4n) is 3.21. The molecule has 0 bridgehead atoms. The highest BCUT2D eigenvalue weighted by atomic mass is 16.6. The number of rotatable bonds is 7. The lowest BCUT2D eigenvalue weighted by Crippen LogP contribution is -2.30. The molecule has 1 amide bonds. The number of hydrogen-bond acceptors (Lipinski definition) is 8. The van der Waals surface area contributed by atoms with Crippen molar-refractivity contribution in [1.82, 2.24) is 15.4 Å². The number of methoxy groups -OCH3 is 1. The third-order valence-corrected chi connectivity index (χ3v) is 4.69. The molecule has 0 saturated carbocycles. The molecule has 10 nitrogen and oxygen atoms in total. The molecule has 4 aromatic rings. The first kappa shape index (κ1) is 20.5. The molecule has 1 heterocycles. The fraction of sp³-hybridized carbons (Fsp3) is 0.0455. The van der Waals surface area contributed by atoms with Gasteiger partial charge in [-0.15, -0.1) is 0 Å². The minimum absolute atomic E-state index is 0.0182. The molecule has 32 heavy (non-hydrogen) atoms. The summed E-state index contributed by atoms with van der Waals surface area (Å²) in [7, 11) is 1.44. The van der Waals surface area contributed by atoms with Crippen LogP contribution in [0.15, 0.2) is 73.1 Å². The van der Waals surface area contributed by atoms with E-state index in [0.717, 1.165) is 17.1 Å². The maximum Gasteiger partial charge on any atom is 0.355 e. The number of hydrazine groups is 1. The Hall–Kier alpha value is -4.73. The van der Waals surface area contributed by atoms with Crippen molar-refractivity contribution in [3.8, 4) is 5.75 Å². The number of nitro groups is 1. The molecule has 4 rings (SSSR count). The summed E-state index contributed by atoms with van der Waals surface area (Å²) in [5.41, 5.74) is 5.42. The standard InChI is InChI=1S/C22H18N6O4/c1-32-18-12-5-4-10-16(18)22(29)27-26-21-19(28(30)31)20(23-13-24-21)25-17-11-6-8-14-7-2-3-9-15(14)17/h2-13H,1H3,(H,27,29)(H2,23,24,25,26). The molecule has 3 aromatic carbocycles. The third kappa shape index (κ3) is 4.10. The van der Waals surface area contributed by atoms with Gasteiger partial charge in [0.2, 0.25) is 11.6 Å².